The molecule has 144 valence electrons. The highest BCUT2D eigenvalue weighted by molar-refractivity contribution is 8.74. The fourth-order valence-corrected chi connectivity index (χ4v) is 5.11. The highest BCUT2D eigenvalue weighted by Gasteiger charge is 2.23. The Hall–Kier alpha value is -1.43. The molecule has 0 saturated carbocycles. The van der Waals surface area contributed by atoms with Gasteiger partial charge in [0.2, 0.25) is 0 Å². The largest absolute Gasteiger partial charge is 0.442 e. The van der Waals surface area contributed by atoms with Crippen LogP contribution in [0.15, 0.2) is 18.3 Å². The molecule has 1 aromatic rings. The van der Waals surface area contributed by atoms with Gasteiger partial charge < -0.3 is 10.1 Å². The number of rotatable bonds is 5. The normalized spacial score (nSPS) is 18.6. The van der Waals surface area contributed by atoms with Crippen LogP contribution in [0.3, 0.4) is 0 Å². The third kappa shape index (κ3) is 7.06. The topological polar surface area (TPSA) is 106 Å². The fourth-order valence-electron chi connectivity index (χ4n) is 2.64. The molecule has 0 spiro atoms. The molecular weight excluding hydrogens is 378 g/mol. The first kappa shape index (κ1) is 20.9. The maximum Gasteiger partial charge on any atom is 0.442 e. The molecule has 3 rings (SSSR count). The van der Waals surface area contributed by atoms with Crippen LogP contribution in [0.5, 0.6) is 0 Å². The second-order valence-corrected chi connectivity index (χ2v) is 8.21. The van der Waals surface area contributed by atoms with E-state index in [2.05, 4.69) is 13.6 Å². The summed E-state index contributed by atoms with van der Waals surface area (Å²) >= 11 is 0. The maximum absolute atomic E-state index is 10.2. The number of nitro groups is 2. The van der Waals surface area contributed by atoms with Gasteiger partial charge in [-0.3, -0.25) is 10.1 Å². The van der Waals surface area contributed by atoms with E-state index in [1.807, 2.05) is 22.0 Å². The zero-order valence-corrected chi connectivity index (χ0v) is 16.1. The smallest absolute Gasteiger partial charge is 0.358 e. The molecule has 3 heterocycles. The second-order valence-electron chi connectivity index (χ2n) is 5.99. The Morgan fingerprint density at radius 1 is 0.846 bits per heavy atom. The molecule has 9 nitrogen and oxygen atoms in total. The van der Waals surface area contributed by atoms with Crippen LogP contribution in [0.1, 0.15) is 38.5 Å². The lowest BCUT2D eigenvalue weighted by atomic mass is 10.2. The van der Waals surface area contributed by atoms with Crippen molar-refractivity contribution in [1.29, 1.82) is 0 Å². The van der Waals surface area contributed by atoms with E-state index >= 15 is 0 Å². The van der Waals surface area contributed by atoms with Crippen molar-refractivity contribution in [3.63, 3.8) is 0 Å². The predicted octanol–water partition coefficient (Wildman–Crippen LogP) is 4.07. The molecule has 2 saturated heterocycles. The number of pyridine rings is 1. The molecule has 0 aromatic carbocycles. The lowest BCUT2D eigenvalue weighted by molar-refractivity contribution is -0.425. The molecule has 2 aliphatic heterocycles. The number of nitrogens with zero attached hydrogens (tertiary/aromatic N) is 5. The number of aromatic nitrogens is 1. The van der Waals surface area contributed by atoms with Gasteiger partial charge in [-0.25, -0.2) is 8.61 Å². The molecule has 11 heteroatoms. The van der Waals surface area contributed by atoms with Crippen LogP contribution >= 0.6 is 22.0 Å². The van der Waals surface area contributed by atoms with Gasteiger partial charge in [-0.1, -0.05) is 12.8 Å². The van der Waals surface area contributed by atoms with E-state index in [0.29, 0.717) is 0 Å². The highest BCUT2D eigenvalue weighted by Crippen LogP contribution is 2.33. The first-order chi connectivity index (χ1) is 12.6. The Bertz CT molecular complexity index is 544. The van der Waals surface area contributed by atoms with Gasteiger partial charge in [-0.15, -0.1) is 0 Å². The monoisotopic (exact) mass is 401 g/mol. The molecular formula is C15H23N5O4S2. The minimum atomic E-state index is -0.891. The van der Waals surface area contributed by atoms with Crippen molar-refractivity contribution >= 4 is 33.5 Å². The van der Waals surface area contributed by atoms with E-state index in [1.165, 1.54) is 70.8 Å². The first-order valence-corrected chi connectivity index (χ1v) is 10.7. The molecule has 0 radical (unpaired) electrons. The Balaban J connectivity index is 0.000000190. The third-order valence-electron chi connectivity index (χ3n) is 4.01. The quantitative estimate of drug-likeness (QED) is 0.312. The molecule has 0 unspecified atom stereocenters. The van der Waals surface area contributed by atoms with Crippen LogP contribution < -0.4 is 0 Å². The van der Waals surface area contributed by atoms with Crippen LogP contribution in [0, 0.1) is 20.2 Å². The van der Waals surface area contributed by atoms with Gasteiger partial charge in [0, 0.05) is 54.2 Å². The van der Waals surface area contributed by atoms with Crippen molar-refractivity contribution in [1.82, 2.24) is 13.6 Å². The van der Waals surface area contributed by atoms with Crippen LogP contribution in [-0.4, -0.2) is 49.6 Å². The number of piperidine rings is 2. The van der Waals surface area contributed by atoms with Crippen LogP contribution in [0.25, 0.3) is 0 Å². The van der Waals surface area contributed by atoms with Crippen molar-refractivity contribution in [2.75, 3.05) is 26.2 Å². The van der Waals surface area contributed by atoms with Gasteiger partial charge in [0.05, 0.1) is 4.92 Å². The SMILES string of the molecule is C1CCN(SSN2CCCCC2)CC1.O=[N+]([O-])c1cccnc1[N+](=O)[O-]. The van der Waals surface area contributed by atoms with Crippen LogP contribution in [0.4, 0.5) is 11.5 Å². The Morgan fingerprint density at radius 3 is 1.73 bits per heavy atom. The minimum absolute atomic E-state index is 0.595. The number of hydrogen-bond donors (Lipinski definition) is 0. The second kappa shape index (κ2) is 11.3. The summed E-state index contributed by atoms with van der Waals surface area (Å²) < 4.78 is 5.06. The summed E-state index contributed by atoms with van der Waals surface area (Å²) in [6, 6.07) is 2.30. The Morgan fingerprint density at radius 2 is 1.35 bits per heavy atom. The first-order valence-electron chi connectivity index (χ1n) is 8.66. The zero-order valence-electron chi connectivity index (χ0n) is 14.5. The maximum atomic E-state index is 10.2. The van der Waals surface area contributed by atoms with Crippen molar-refractivity contribution < 1.29 is 9.85 Å². The standard InChI is InChI=1S/C10H20N2S2.C5H3N3O4/c1-3-7-11(8-4-1)13-14-12-9-5-2-6-10-12;9-7(10)4-2-1-3-6-5(4)8(11)12/h1-10H2;1-3H. The van der Waals surface area contributed by atoms with Crippen molar-refractivity contribution in [2.24, 2.45) is 0 Å². The van der Waals surface area contributed by atoms with E-state index in [-0.39, 0.29) is 0 Å². The van der Waals surface area contributed by atoms with E-state index in [9.17, 15) is 20.2 Å². The summed E-state index contributed by atoms with van der Waals surface area (Å²) in [5.41, 5.74) is -0.595. The van der Waals surface area contributed by atoms with Crippen molar-refractivity contribution in [3.8, 4) is 0 Å². The van der Waals surface area contributed by atoms with Gasteiger partial charge in [0.25, 0.3) is 0 Å². The minimum Gasteiger partial charge on any atom is -0.358 e. The van der Waals surface area contributed by atoms with E-state index < -0.39 is 21.4 Å². The zero-order chi connectivity index (χ0) is 18.8. The van der Waals surface area contributed by atoms with Gasteiger partial charge in [-0.2, -0.15) is 0 Å². The Labute approximate surface area is 160 Å². The molecule has 0 amide bonds. The lowest BCUT2D eigenvalue weighted by Crippen LogP contribution is -2.26. The van der Waals surface area contributed by atoms with Gasteiger partial charge in [0.15, 0.2) is 0 Å². The molecule has 0 N–H and O–H groups in total. The average Bonchev–Trinajstić information content (AvgIpc) is 2.68. The van der Waals surface area contributed by atoms with Crippen molar-refractivity contribution in [2.45, 2.75) is 38.5 Å². The third-order valence-corrected chi connectivity index (χ3v) is 6.69. The summed E-state index contributed by atoms with van der Waals surface area (Å²) in [5.74, 6) is -0.734. The van der Waals surface area contributed by atoms with E-state index in [4.69, 9.17) is 0 Å². The molecule has 0 atom stereocenters. The van der Waals surface area contributed by atoms with Crippen LogP contribution in [0.2, 0.25) is 0 Å². The molecule has 2 fully saturated rings. The summed E-state index contributed by atoms with van der Waals surface area (Å²) in [6.45, 7) is 5.19. The molecule has 0 bridgehead atoms. The lowest BCUT2D eigenvalue weighted by Gasteiger charge is -2.29. The van der Waals surface area contributed by atoms with Crippen molar-refractivity contribution in [3.05, 3.63) is 38.6 Å². The van der Waals surface area contributed by atoms with Gasteiger partial charge in [-0.05, 0) is 41.7 Å². The Kier molecular flexibility index (Phi) is 9.09. The predicted molar refractivity (Wildman–Crippen MR) is 104 cm³/mol. The summed E-state index contributed by atoms with van der Waals surface area (Å²) in [7, 11) is 3.96. The molecule has 26 heavy (non-hydrogen) atoms. The van der Waals surface area contributed by atoms with Gasteiger partial charge >= 0.3 is 11.5 Å². The highest BCUT2D eigenvalue weighted by atomic mass is 33.1. The summed E-state index contributed by atoms with van der Waals surface area (Å²) in [6.07, 6.45) is 9.59. The number of hydrogen-bond acceptors (Lipinski definition) is 9. The van der Waals surface area contributed by atoms with E-state index in [1.54, 1.807) is 0 Å². The molecule has 1 aromatic heterocycles. The van der Waals surface area contributed by atoms with Gasteiger partial charge in [0.1, 0.15) is 6.20 Å². The summed E-state index contributed by atoms with van der Waals surface area (Å²) in [5, 5.41) is 20.4. The van der Waals surface area contributed by atoms with Crippen LogP contribution in [-0.2, 0) is 0 Å². The summed E-state index contributed by atoms with van der Waals surface area (Å²) in [4.78, 5) is 21.9. The fraction of sp³-hybridized carbons (Fsp3) is 0.667. The molecule has 2 aliphatic rings. The molecule has 0 aliphatic carbocycles. The van der Waals surface area contributed by atoms with E-state index in [0.717, 1.165) is 12.3 Å². The average molecular weight is 402 g/mol.